The number of rotatable bonds is 3. The number of hydrogen-bond acceptors (Lipinski definition) is 1. The molecule has 0 unspecified atom stereocenters. The van der Waals surface area contributed by atoms with Gasteiger partial charge in [-0.3, -0.25) is 0 Å². The van der Waals surface area contributed by atoms with Crippen molar-refractivity contribution in [3.8, 4) is 0 Å². The molecule has 0 spiro atoms. The van der Waals surface area contributed by atoms with Gasteiger partial charge in [0.2, 0.25) is 0 Å². The molecule has 13 heavy (non-hydrogen) atoms. The highest BCUT2D eigenvalue weighted by Crippen LogP contribution is 2.17. The van der Waals surface area contributed by atoms with E-state index in [1.807, 2.05) is 0 Å². The van der Waals surface area contributed by atoms with E-state index in [0.717, 1.165) is 13.0 Å². The molecule has 0 fully saturated rings. The van der Waals surface area contributed by atoms with Crippen molar-refractivity contribution < 1.29 is 4.74 Å². The second kappa shape index (κ2) is 4.43. The van der Waals surface area contributed by atoms with Crippen LogP contribution in [-0.2, 0) is 17.8 Å². The van der Waals surface area contributed by atoms with Crippen LogP contribution in [-0.4, -0.2) is 7.11 Å². The van der Waals surface area contributed by atoms with Crippen LogP contribution in [0.5, 0.6) is 0 Å². The monoisotopic (exact) mass is 178 g/mol. The van der Waals surface area contributed by atoms with Crippen LogP contribution in [0, 0.1) is 13.8 Å². The van der Waals surface area contributed by atoms with E-state index in [1.54, 1.807) is 7.11 Å². The average Bonchev–Trinajstić information content (AvgIpc) is 2.11. The van der Waals surface area contributed by atoms with Gasteiger partial charge in [0.25, 0.3) is 0 Å². The first-order valence-corrected chi connectivity index (χ1v) is 4.77. The van der Waals surface area contributed by atoms with Gasteiger partial charge in [0, 0.05) is 7.11 Å². The quantitative estimate of drug-likeness (QED) is 0.691. The Hall–Kier alpha value is -0.820. The van der Waals surface area contributed by atoms with Crippen molar-refractivity contribution in [2.24, 2.45) is 0 Å². The predicted octanol–water partition coefficient (Wildman–Crippen LogP) is 3.01. The van der Waals surface area contributed by atoms with Gasteiger partial charge in [0.15, 0.2) is 0 Å². The van der Waals surface area contributed by atoms with Gasteiger partial charge in [0.1, 0.15) is 0 Å². The molecule has 0 bridgehead atoms. The van der Waals surface area contributed by atoms with Crippen LogP contribution in [0.15, 0.2) is 12.1 Å². The summed E-state index contributed by atoms with van der Waals surface area (Å²) in [5.74, 6) is 0. The van der Waals surface area contributed by atoms with E-state index in [1.165, 1.54) is 22.3 Å². The fraction of sp³-hybridized carbons (Fsp3) is 0.500. The molecule has 1 aromatic rings. The highest BCUT2D eigenvalue weighted by Gasteiger charge is 2.03. The molecular formula is C12H18O. The fourth-order valence-electron chi connectivity index (χ4n) is 1.66. The molecule has 0 heterocycles. The maximum atomic E-state index is 5.16. The molecule has 0 amide bonds. The molecule has 0 aliphatic rings. The summed E-state index contributed by atoms with van der Waals surface area (Å²) >= 11 is 0. The number of methoxy groups -OCH3 is 1. The molecule has 0 saturated heterocycles. The minimum atomic E-state index is 0.724. The first-order valence-electron chi connectivity index (χ1n) is 4.77. The van der Waals surface area contributed by atoms with Gasteiger partial charge in [0.05, 0.1) is 6.61 Å². The standard InChI is InChI=1S/C12H18O/c1-5-11-6-9(2)12(8-13-4)10(3)7-11/h6-7H,5,8H2,1-4H3. The first-order chi connectivity index (χ1) is 6.19. The zero-order valence-corrected chi connectivity index (χ0v) is 8.98. The van der Waals surface area contributed by atoms with Crippen molar-refractivity contribution in [1.29, 1.82) is 0 Å². The van der Waals surface area contributed by atoms with Gasteiger partial charge in [-0.05, 0) is 42.5 Å². The molecular weight excluding hydrogens is 160 g/mol. The topological polar surface area (TPSA) is 9.23 Å². The minimum absolute atomic E-state index is 0.724. The lowest BCUT2D eigenvalue weighted by Crippen LogP contribution is -1.97. The molecule has 1 nitrogen and oxygen atoms in total. The largest absolute Gasteiger partial charge is 0.380 e. The van der Waals surface area contributed by atoms with Crippen LogP contribution in [0.1, 0.15) is 29.2 Å². The third kappa shape index (κ3) is 2.31. The maximum Gasteiger partial charge on any atom is 0.0718 e. The first kappa shape index (κ1) is 10.3. The lowest BCUT2D eigenvalue weighted by Gasteiger charge is -2.10. The Bertz CT molecular complexity index is 266. The molecule has 72 valence electrons. The smallest absolute Gasteiger partial charge is 0.0718 e. The van der Waals surface area contributed by atoms with Gasteiger partial charge < -0.3 is 4.74 Å². The number of ether oxygens (including phenoxy) is 1. The summed E-state index contributed by atoms with van der Waals surface area (Å²) in [6, 6.07) is 4.50. The molecule has 1 aromatic carbocycles. The van der Waals surface area contributed by atoms with E-state index in [4.69, 9.17) is 4.74 Å². The zero-order valence-electron chi connectivity index (χ0n) is 8.98. The predicted molar refractivity (Wildman–Crippen MR) is 56.0 cm³/mol. The third-order valence-corrected chi connectivity index (χ3v) is 2.45. The van der Waals surface area contributed by atoms with Crippen molar-refractivity contribution in [2.45, 2.75) is 33.8 Å². The highest BCUT2D eigenvalue weighted by molar-refractivity contribution is 5.37. The molecule has 0 aliphatic heterocycles. The third-order valence-electron chi connectivity index (χ3n) is 2.45. The Balaban J connectivity index is 3.07. The van der Waals surface area contributed by atoms with Crippen LogP contribution in [0.2, 0.25) is 0 Å². The summed E-state index contributed by atoms with van der Waals surface area (Å²) in [7, 11) is 1.74. The second-order valence-corrected chi connectivity index (χ2v) is 3.49. The maximum absolute atomic E-state index is 5.16. The highest BCUT2D eigenvalue weighted by atomic mass is 16.5. The number of benzene rings is 1. The lowest BCUT2D eigenvalue weighted by molar-refractivity contribution is 0.184. The van der Waals surface area contributed by atoms with E-state index in [-0.39, 0.29) is 0 Å². The summed E-state index contributed by atoms with van der Waals surface area (Å²) in [6.45, 7) is 7.22. The van der Waals surface area contributed by atoms with Crippen molar-refractivity contribution in [2.75, 3.05) is 7.11 Å². The molecule has 1 rings (SSSR count). The average molecular weight is 178 g/mol. The van der Waals surface area contributed by atoms with E-state index < -0.39 is 0 Å². The summed E-state index contributed by atoms with van der Waals surface area (Å²) in [5, 5.41) is 0. The normalized spacial score (nSPS) is 10.5. The SMILES string of the molecule is CCc1cc(C)c(COC)c(C)c1. The van der Waals surface area contributed by atoms with E-state index >= 15 is 0 Å². The van der Waals surface area contributed by atoms with Gasteiger partial charge in [-0.15, -0.1) is 0 Å². The zero-order chi connectivity index (χ0) is 9.84. The van der Waals surface area contributed by atoms with Crippen LogP contribution in [0.3, 0.4) is 0 Å². The van der Waals surface area contributed by atoms with Crippen molar-refractivity contribution in [3.05, 3.63) is 34.4 Å². The molecule has 0 aromatic heterocycles. The lowest BCUT2D eigenvalue weighted by atomic mass is 9.99. The Morgan fingerprint density at radius 2 is 1.69 bits per heavy atom. The summed E-state index contributed by atoms with van der Waals surface area (Å²) in [4.78, 5) is 0. The summed E-state index contributed by atoms with van der Waals surface area (Å²) in [6.07, 6.45) is 1.11. The Labute approximate surface area is 80.7 Å². The van der Waals surface area contributed by atoms with Crippen LogP contribution in [0.25, 0.3) is 0 Å². The van der Waals surface area contributed by atoms with Crippen molar-refractivity contribution in [1.82, 2.24) is 0 Å². The number of aryl methyl sites for hydroxylation is 3. The van der Waals surface area contributed by atoms with Crippen LogP contribution < -0.4 is 0 Å². The Morgan fingerprint density at radius 1 is 1.15 bits per heavy atom. The minimum Gasteiger partial charge on any atom is -0.380 e. The van der Waals surface area contributed by atoms with Gasteiger partial charge in [-0.1, -0.05) is 19.1 Å². The van der Waals surface area contributed by atoms with E-state index in [2.05, 4.69) is 32.9 Å². The molecule has 0 N–H and O–H groups in total. The van der Waals surface area contributed by atoms with Gasteiger partial charge >= 0.3 is 0 Å². The molecule has 0 saturated carbocycles. The fourth-order valence-corrected chi connectivity index (χ4v) is 1.66. The Kier molecular flexibility index (Phi) is 3.49. The Morgan fingerprint density at radius 3 is 2.08 bits per heavy atom. The van der Waals surface area contributed by atoms with Crippen LogP contribution >= 0.6 is 0 Å². The molecule has 0 aliphatic carbocycles. The van der Waals surface area contributed by atoms with Crippen molar-refractivity contribution >= 4 is 0 Å². The van der Waals surface area contributed by atoms with E-state index in [0.29, 0.717) is 0 Å². The summed E-state index contributed by atoms with van der Waals surface area (Å²) < 4.78 is 5.16. The molecule has 1 heteroatoms. The molecule has 0 atom stereocenters. The molecule has 0 radical (unpaired) electrons. The van der Waals surface area contributed by atoms with Gasteiger partial charge in [-0.25, -0.2) is 0 Å². The van der Waals surface area contributed by atoms with Crippen LogP contribution in [0.4, 0.5) is 0 Å². The van der Waals surface area contributed by atoms with Crippen molar-refractivity contribution in [3.63, 3.8) is 0 Å². The second-order valence-electron chi connectivity index (χ2n) is 3.49. The summed E-state index contributed by atoms with van der Waals surface area (Å²) in [5.41, 5.74) is 5.44. The van der Waals surface area contributed by atoms with E-state index in [9.17, 15) is 0 Å². The number of hydrogen-bond donors (Lipinski definition) is 0. The van der Waals surface area contributed by atoms with Gasteiger partial charge in [-0.2, -0.15) is 0 Å².